The first kappa shape index (κ1) is 16.1. The summed E-state index contributed by atoms with van der Waals surface area (Å²) in [6, 6.07) is 11.9. The van der Waals surface area contributed by atoms with E-state index < -0.39 is 10.9 Å². The molecule has 1 aliphatic rings. The van der Waals surface area contributed by atoms with E-state index in [1.165, 1.54) is 12.1 Å². The van der Waals surface area contributed by atoms with Crippen molar-refractivity contribution in [3.8, 4) is 0 Å². The van der Waals surface area contributed by atoms with Gasteiger partial charge in [0.2, 0.25) is 5.90 Å². The molecular weight excluding hydrogens is 376 g/mol. The van der Waals surface area contributed by atoms with Gasteiger partial charge in [-0.2, -0.15) is 0 Å². The normalized spacial score (nSPS) is 15.3. The molecule has 7 heteroatoms. The molecule has 3 rings (SSSR count). The Hall–Kier alpha value is -2.80. The van der Waals surface area contributed by atoms with Gasteiger partial charge in [-0.15, -0.1) is 0 Å². The van der Waals surface area contributed by atoms with Crippen LogP contribution in [0.1, 0.15) is 16.7 Å². The molecule has 0 spiro atoms. The van der Waals surface area contributed by atoms with E-state index in [0.717, 1.165) is 4.47 Å². The second-order valence-electron chi connectivity index (χ2n) is 5.15. The second-order valence-corrected chi connectivity index (χ2v) is 6.06. The first-order chi connectivity index (χ1) is 11.4. The number of benzene rings is 2. The minimum atomic E-state index is -0.587. The molecule has 0 bridgehead atoms. The van der Waals surface area contributed by atoms with Crippen molar-refractivity contribution in [3.05, 3.63) is 79.4 Å². The number of halogens is 1. The minimum Gasteiger partial charge on any atom is -0.402 e. The third kappa shape index (κ3) is 3.26. The summed E-state index contributed by atoms with van der Waals surface area (Å²) in [6.07, 6.45) is 1.47. The quantitative estimate of drug-likeness (QED) is 0.345. The van der Waals surface area contributed by atoms with Crippen LogP contribution in [0.5, 0.6) is 0 Å². The monoisotopic (exact) mass is 386 g/mol. The Morgan fingerprint density at radius 2 is 1.92 bits per heavy atom. The first-order valence-electron chi connectivity index (χ1n) is 6.97. The van der Waals surface area contributed by atoms with E-state index in [1.54, 1.807) is 31.2 Å². The van der Waals surface area contributed by atoms with Crippen LogP contribution in [-0.4, -0.2) is 16.8 Å². The van der Waals surface area contributed by atoms with E-state index in [1.807, 2.05) is 12.1 Å². The molecule has 0 aromatic heterocycles. The molecule has 0 saturated heterocycles. The van der Waals surface area contributed by atoms with Gasteiger partial charge in [0.1, 0.15) is 0 Å². The van der Waals surface area contributed by atoms with Gasteiger partial charge in [-0.05, 0) is 42.8 Å². The summed E-state index contributed by atoms with van der Waals surface area (Å²) in [4.78, 5) is 26.7. The van der Waals surface area contributed by atoms with Crippen LogP contribution in [0.4, 0.5) is 5.69 Å². The molecule has 0 amide bonds. The highest BCUT2D eigenvalue weighted by Crippen LogP contribution is 2.24. The number of esters is 1. The summed E-state index contributed by atoms with van der Waals surface area (Å²) < 4.78 is 6.07. The topological polar surface area (TPSA) is 81.8 Å². The summed E-state index contributed by atoms with van der Waals surface area (Å²) in [5, 5.41) is 11.0. The lowest BCUT2D eigenvalue weighted by Gasteiger charge is -1.99. The molecule has 0 saturated carbocycles. The standard InChI is InChI=1S/C17H11BrN2O4/c1-10-2-3-11(9-15(10)20(22)23)8-14-17(21)24-16(19-14)12-4-6-13(18)7-5-12/h2-9H,1H3/b14-8-. The van der Waals surface area contributed by atoms with Gasteiger partial charge in [0.25, 0.3) is 5.69 Å². The van der Waals surface area contributed by atoms with Crippen LogP contribution in [0.15, 0.2) is 57.6 Å². The molecule has 24 heavy (non-hydrogen) atoms. The molecule has 0 aliphatic carbocycles. The van der Waals surface area contributed by atoms with Crippen LogP contribution < -0.4 is 0 Å². The highest BCUT2D eigenvalue weighted by molar-refractivity contribution is 9.10. The number of nitro benzene ring substituents is 1. The molecule has 0 N–H and O–H groups in total. The van der Waals surface area contributed by atoms with Gasteiger partial charge in [-0.25, -0.2) is 9.79 Å². The zero-order valence-corrected chi connectivity index (χ0v) is 14.1. The smallest absolute Gasteiger partial charge is 0.363 e. The Morgan fingerprint density at radius 1 is 1.21 bits per heavy atom. The highest BCUT2D eigenvalue weighted by Gasteiger charge is 2.24. The van der Waals surface area contributed by atoms with Crippen molar-refractivity contribution < 1.29 is 14.5 Å². The molecule has 6 nitrogen and oxygen atoms in total. The van der Waals surface area contributed by atoms with Crippen molar-refractivity contribution in [3.63, 3.8) is 0 Å². The molecule has 2 aromatic carbocycles. The number of hydrogen-bond donors (Lipinski definition) is 0. The number of nitrogens with zero attached hydrogens (tertiary/aromatic N) is 2. The summed E-state index contributed by atoms with van der Waals surface area (Å²) in [5.74, 6) is -0.378. The summed E-state index contributed by atoms with van der Waals surface area (Å²) in [6.45, 7) is 1.66. The lowest BCUT2D eigenvalue weighted by Crippen LogP contribution is -2.05. The largest absolute Gasteiger partial charge is 0.402 e. The summed E-state index contributed by atoms with van der Waals surface area (Å²) in [7, 11) is 0. The van der Waals surface area contributed by atoms with Crippen molar-refractivity contribution in [2.75, 3.05) is 0 Å². The zero-order chi connectivity index (χ0) is 17.3. The molecule has 0 unspecified atom stereocenters. The third-order valence-corrected chi connectivity index (χ3v) is 3.97. The van der Waals surface area contributed by atoms with E-state index in [2.05, 4.69) is 20.9 Å². The number of aliphatic imine (C=N–C) groups is 1. The van der Waals surface area contributed by atoms with E-state index in [9.17, 15) is 14.9 Å². The van der Waals surface area contributed by atoms with Crippen molar-refractivity contribution in [2.24, 2.45) is 4.99 Å². The van der Waals surface area contributed by atoms with Gasteiger partial charge in [-0.1, -0.05) is 28.1 Å². The summed E-state index contributed by atoms with van der Waals surface area (Å²) >= 11 is 3.33. The van der Waals surface area contributed by atoms with E-state index in [0.29, 0.717) is 16.7 Å². The zero-order valence-electron chi connectivity index (χ0n) is 12.5. The minimum absolute atomic E-state index is 0.00664. The van der Waals surface area contributed by atoms with Crippen LogP contribution in [0.3, 0.4) is 0 Å². The van der Waals surface area contributed by atoms with Gasteiger partial charge >= 0.3 is 5.97 Å². The predicted molar refractivity (Wildman–Crippen MR) is 92.6 cm³/mol. The van der Waals surface area contributed by atoms with Crippen molar-refractivity contribution >= 4 is 39.6 Å². The number of carbonyl (C=O) groups is 1. The number of ether oxygens (including phenoxy) is 1. The molecule has 120 valence electrons. The molecule has 0 atom stereocenters. The number of aryl methyl sites for hydroxylation is 1. The Kier molecular flexibility index (Phi) is 4.26. The number of hydrogen-bond acceptors (Lipinski definition) is 5. The molecular formula is C17H11BrN2O4. The Bertz CT molecular complexity index is 901. The Balaban J connectivity index is 1.95. The fraction of sp³-hybridized carbons (Fsp3) is 0.0588. The molecule has 2 aromatic rings. The molecule has 1 aliphatic heterocycles. The van der Waals surface area contributed by atoms with E-state index >= 15 is 0 Å². The lowest BCUT2D eigenvalue weighted by atomic mass is 10.1. The van der Waals surface area contributed by atoms with Gasteiger partial charge in [0.05, 0.1) is 4.92 Å². The summed E-state index contributed by atoms with van der Waals surface area (Å²) in [5.41, 5.74) is 1.83. The van der Waals surface area contributed by atoms with E-state index in [4.69, 9.17) is 4.74 Å². The van der Waals surface area contributed by atoms with Crippen molar-refractivity contribution in [1.29, 1.82) is 0 Å². The fourth-order valence-electron chi connectivity index (χ4n) is 2.20. The van der Waals surface area contributed by atoms with Gasteiger partial charge in [0, 0.05) is 21.7 Å². The molecule has 0 fully saturated rings. The number of nitro groups is 1. The van der Waals surface area contributed by atoms with Crippen LogP contribution in [-0.2, 0) is 9.53 Å². The first-order valence-corrected chi connectivity index (χ1v) is 7.77. The highest BCUT2D eigenvalue weighted by atomic mass is 79.9. The Morgan fingerprint density at radius 3 is 2.58 bits per heavy atom. The number of carbonyl (C=O) groups excluding carboxylic acids is 1. The maximum absolute atomic E-state index is 12.0. The molecule has 1 heterocycles. The van der Waals surface area contributed by atoms with E-state index in [-0.39, 0.29) is 17.3 Å². The maximum atomic E-state index is 12.0. The number of cyclic esters (lactones) is 1. The maximum Gasteiger partial charge on any atom is 0.363 e. The predicted octanol–water partition coefficient (Wildman–Crippen LogP) is 4.01. The molecule has 0 radical (unpaired) electrons. The van der Waals surface area contributed by atoms with Crippen LogP contribution in [0.25, 0.3) is 6.08 Å². The third-order valence-electron chi connectivity index (χ3n) is 3.44. The van der Waals surface area contributed by atoms with Gasteiger partial charge in [-0.3, -0.25) is 10.1 Å². The fourth-order valence-corrected chi connectivity index (χ4v) is 2.46. The van der Waals surface area contributed by atoms with Gasteiger partial charge in [0.15, 0.2) is 5.70 Å². The lowest BCUT2D eigenvalue weighted by molar-refractivity contribution is -0.385. The van der Waals surface area contributed by atoms with Crippen LogP contribution in [0.2, 0.25) is 0 Å². The van der Waals surface area contributed by atoms with Crippen molar-refractivity contribution in [2.45, 2.75) is 6.92 Å². The van der Waals surface area contributed by atoms with Gasteiger partial charge < -0.3 is 4.74 Å². The Labute approximate surface area is 145 Å². The van der Waals surface area contributed by atoms with Crippen LogP contribution >= 0.6 is 15.9 Å². The average Bonchev–Trinajstić information content (AvgIpc) is 2.90. The van der Waals surface area contributed by atoms with Crippen molar-refractivity contribution in [1.82, 2.24) is 0 Å². The van der Waals surface area contributed by atoms with Crippen LogP contribution in [0, 0.1) is 17.0 Å². The average molecular weight is 387 g/mol. The SMILES string of the molecule is Cc1ccc(/C=C2\N=C(c3ccc(Br)cc3)OC2=O)cc1[N+](=O)[O-]. The second kappa shape index (κ2) is 6.37. The number of rotatable bonds is 3.